The minimum Gasteiger partial charge on any atom is -0.302 e. The highest BCUT2D eigenvalue weighted by molar-refractivity contribution is 7.08. The van der Waals surface area contributed by atoms with Gasteiger partial charge in [-0.3, -0.25) is 0 Å². The zero-order valence-corrected chi connectivity index (χ0v) is 11.2. The van der Waals surface area contributed by atoms with Crippen LogP contribution in [0.15, 0.2) is 59.8 Å². The molecule has 2 rings (SSSR count). The van der Waals surface area contributed by atoms with E-state index < -0.39 is 5.41 Å². The number of hydrogen-bond donors (Lipinski definition) is 0. The molecule has 0 aliphatic rings. The molecule has 0 aliphatic heterocycles. The lowest BCUT2D eigenvalue weighted by molar-refractivity contribution is -0.112. The molecular weight excluding hydrogens is 240 g/mol. The molecule has 92 valence electrons. The molecule has 0 N–H and O–H groups in total. The van der Waals surface area contributed by atoms with Crippen LogP contribution >= 0.6 is 11.3 Å². The Kier molecular flexibility index (Phi) is 3.78. The van der Waals surface area contributed by atoms with Gasteiger partial charge in [-0.15, -0.1) is 6.58 Å². The molecule has 0 radical (unpaired) electrons. The van der Waals surface area contributed by atoms with E-state index in [9.17, 15) is 4.79 Å². The lowest BCUT2D eigenvalue weighted by Crippen LogP contribution is -2.30. The zero-order valence-electron chi connectivity index (χ0n) is 10.4. The third kappa shape index (κ3) is 2.16. The molecule has 18 heavy (non-hydrogen) atoms. The second-order valence-electron chi connectivity index (χ2n) is 4.54. The van der Waals surface area contributed by atoms with Gasteiger partial charge in [0, 0.05) is 5.92 Å². The number of rotatable bonds is 5. The maximum Gasteiger partial charge on any atom is 0.131 e. The first-order chi connectivity index (χ1) is 8.72. The van der Waals surface area contributed by atoms with Crippen molar-refractivity contribution in [1.82, 2.24) is 0 Å². The fraction of sp³-hybridized carbons (Fsp3) is 0.188. The lowest BCUT2D eigenvalue weighted by Gasteiger charge is -2.31. The molecule has 0 saturated heterocycles. The van der Waals surface area contributed by atoms with Crippen molar-refractivity contribution >= 4 is 17.6 Å². The molecule has 0 fully saturated rings. The normalized spacial score (nSPS) is 15.6. The van der Waals surface area contributed by atoms with Crippen molar-refractivity contribution in [2.75, 3.05) is 0 Å². The molecule has 1 nitrogen and oxygen atoms in total. The second kappa shape index (κ2) is 5.32. The van der Waals surface area contributed by atoms with Crippen molar-refractivity contribution in [1.29, 1.82) is 0 Å². The van der Waals surface area contributed by atoms with Gasteiger partial charge in [-0.05, 0) is 34.9 Å². The monoisotopic (exact) mass is 256 g/mol. The van der Waals surface area contributed by atoms with E-state index >= 15 is 0 Å². The molecule has 0 spiro atoms. The fourth-order valence-electron chi connectivity index (χ4n) is 2.30. The first-order valence-corrected chi connectivity index (χ1v) is 6.83. The molecule has 0 amide bonds. The molecule has 2 atom stereocenters. The fourth-order valence-corrected chi connectivity index (χ4v) is 2.99. The molecule has 0 unspecified atom stereocenters. The first-order valence-electron chi connectivity index (χ1n) is 5.89. The molecular formula is C16H16OS. The second-order valence-corrected chi connectivity index (χ2v) is 5.32. The van der Waals surface area contributed by atoms with Crippen molar-refractivity contribution in [3.63, 3.8) is 0 Å². The summed E-state index contributed by atoms with van der Waals surface area (Å²) in [4.78, 5) is 11.7. The van der Waals surface area contributed by atoms with Crippen molar-refractivity contribution in [2.24, 2.45) is 0 Å². The van der Waals surface area contributed by atoms with Crippen molar-refractivity contribution < 1.29 is 4.79 Å². The highest BCUT2D eigenvalue weighted by Gasteiger charge is 2.35. The van der Waals surface area contributed by atoms with E-state index in [1.54, 1.807) is 11.3 Å². The third-order valence-corrected chi connectivity index (χ3v) is 4.13. The summed E-state index contributed by atoms with van der Waals surface area (Å²) in [5.74, 6) is 0.00338. The molecule has 1 aromatic carbocycles. The van der Waals surface area contributed by atoms with E-state index in [1.807, 2.05) is 48.7 Å². The predicted octanol–water partition coefficient (Wildman–Crippen LogP) is 4.17. The van der Waals surface area contributed by atoms with Crippen molar-refractivity contribution in [3.8, 4) is 0 Å². The van der Waals surface area contributed by atoms with E-state index in [1.165, 1.54) is 0 Å². The Labute approximate surface area is 112 Å². The number of carbonyl (C=O) groups excluding carboxylic acids is 1. The molecule has 2 heteroatoms. The topological polar surface area (TPSA) is 17.1 Å². The third-order valence-electron chi connectivity index (χ3n) is 3.42. The van der Waals surface area contributed by atoms with Gasteiger partial charge < -0.3 is 4.79 Å². The average Bonchev–Trinajstić information content (AvgIpc) is 2.94. The average molecular weight is 256 g/mol. The minimum absolute atomic E-state index is 0.00338. The molecule has 1 aromatic heterocycles. The van der Waals surface area contributed by atoms with Crippen LogP contribution in [0.5, 0.6) is 0 Å². The highest BCUT2D eigenvalue weighted by Crippen LogP contribution is 2.38. The summed E-state index contributed by atoms with van der Waals surface area (Å²) in [7, 11) is 0. The van der Waals surface area contributed by atoms with Crippen LogP contribution in [0.2, 0.25) is 0 Å². The van der Waals surface area contributed by atoms with E-state index in [4.69, 9.17) is 0 Å². The van der Waals surface area contributed by atoms with Crippen LogP contribution in [-0.2, 0) is 10.2 Å². The summed E-state index contributed by atoms with van der Waals surface area (Å²) in [6, 6.07) is 11.9. The summed E-state index contributed by atoms with van der Waals surface area (Å²) in [5, 5.41) is 4.11. The quantitative estimate of drug-likeness (QED) is 0.579. The number of allylic oxidation sites excluding steroid dienone is 1. The summed E-state index contributed by atoms with van der Waals surface area (Å²) in [5.41, 5.74) is 1.61. The maximum atomic E-state index is 11.7. The number of benzene rings is 1. The van der Waals surface area contributed by atoms with Crippen molar-refractivity contribution in [3.05, 3.63) is 70.9 Å². The van der Waals surface area contributed by atoms with Crippen LogP contribution in [0, 0.1) is 0 Å². The van der Waals surface area contributed by atoms with Gasteiger partial charge in [-0.2, -0.15) is 11.3 Å². The van der Waals surface area contributed by atoms with Crippen LogP contribution in [0.25, 0.3) is 0 Å². The molecule has 0 aliphatic carbocycles. The maximum absolute atomic E-state index is 11.7. The van der Waals surface area contributed by atoms with Crippen LogP contribution in [0.3, 0.4) is 0 Å². The SMILES string of the molecule is C=C[C@@H](c1ccsc1)[C@](C)(C=O)c1ccccc1. The van der Waals surface area contributed by atoms with E-state index in [0.29, 0.717) is 0 Å². The Hall–Kier alpha value is -1.67. The lowest BCUT2D eigenvalue weighted by atomic mass is 9.70. The first kappa shape index (κ1) is 12.8. The van der Waals surface area contributed by atoms with Crippen molar-refractivity contribution in [2.45, 2.75) is 18.3 Å². The summed E-state index contributed by atoms with van der Waals surface area (Å²) in [6.07, 6.45) is 2.90. The highest BCUT2D eigenvalue weighted by atomic mass is 32.1. The Morgan fingerprint density at radius 3 is 2.50 bits per heavy atom. The summed E-state index contributed by atoms with van der Waals surface area (Å²) >= 11 is 1.64. The Morgan fingerprint density at radius 1 is 1.28 bits per heavy atom. The van der Waals surface area contributed by atoms with Crippen LogP contribution in [0.4, 0.5) is 0 Å². The van der Waals surface area contributed by atoms with Gasteiger partial charge in [-0.25, -0.2) is 0 Å². The largest absolute Gasteiger partial charge is 0.302 e. The van der Waals surface area contributed by atoms with E-state index in [-0.39, 0.29) is 5.92 Å². The summed E-state index contributed by atoms with van der Waals surface area (Å²) in [6.45, 7) is 5.87. The predicted molar refractivity (Wildman–Crippen MR) is 77.1 cm³/mol. The standard InChI is InChI=1S/C16H16OS/c1-3-15(13-9-10-18-11-13)16(2,12-17)14-7-5-4-6-8-14/h3-12,15H,1H2,2H3/t15-,16+/m0/s1. The summed E-state index contributed by atoms with van der Waals surface area (Å²) < 4.78 is 0. The van der Waals surface area contributed by atoms with Gasteiger partial charge >= 0.3 is 0 Å². The smallest absolute Gasteiger partial charge is 0.131 e. The Bertz CT molecular complexity index is 515. The number of carbonyl (C=O) groups is 1. The molecule has 1 heterocycles. The zero-order chi connectivity index (χ0) is 13.0. The van der Waals surface area contributed by atoms with Crippen LogP contribution in [0.1, 0.15) is 24.0 Å². The van der Waals surface area contributed by atoms with E-state index in [0.717, 1.165) is 17.4 Å². The Morgan fingerprint density at radius 2 is 2.00 bits per heavy atom. The number of aldehydes is 1. The van der Waals surface area contributed by atoms with Gasteiger partial charge in [0.1, 0.15) is 6.29 Å². The van der Waals surface area contributed by atoms with Gasteiger partial charge in [0.25, 0.3) is 0 Å². The van der Waals surface area contributed by atoms with Gasteiger partial charge in [-0.1, -0.05) is 36.4 Å². The molecule has 0 saturated carbocycles. The van der Waals surface area contributed by atoms with Crippen LogP contribution in [-0.4, -0.2) is 6.29 Å². The van der Waals surface area contributed by atoms with Crippen LogP contribution < -0.4 is 0 Å². The number of hydrogen-bond acceptors (Lipinski definition) is 2. The number of thiophene rings is 1. The van der Waals surface area contributed by atoms with Gasteiger partial charge in [0.15, 0.2) is 0 Å². The Balaban J connectivity index is 2.49. The molecule has 0 bridgehead atoms. The van der Waals surface area contributed by atoms with Gasteiger partial charge in [0.2, 0.25) is 0 Å². The van der Waals surface area contributed by atoms with E-state index in [2.05, 4.69) is 18.0 Å². The molecule has 2 aromatic rings. The minimum atomic E-state index is -0.565. The van der Waals surface area contributed by atoms with Gasteiger partial charge in [0.05, 0.1) is 5.41 Å².